The van der Waals surface area contributed by atoms with Crippen LogP contribution >= 0.6 is 0 Å². The van der Waals surface area contributed by atoms with Crippen LogP contribution in [0, 0.1) is 11.8 Å². The number of rotatable bonds is 2. The summed E-state index contributed by atoms with van der Waals surface area (Å²) in [6.45, 7) is 1.53. The van der Waals surface area contributed by atoms with Crippen LogP contribution in [0.25, 0.3) is 16.8 Å². The monoisotopic (exact) mass is 409 g/mol. The van der Waals surface area contributed by atoms with Crippen molar-refractivity contribution in [2.75, 3.05) is 4.90 Å². The molecular weight excluding hydrogens is 388 g/mol. The molecule has 0 spiro atoms. The number of quaternary nitrogens is 1. The Morgan fingerprint density at radius 1 is 0.871 bits per heavy atom. The number of hydrogen-bond acceptors (Lipinski definition) is 3. The van der Waals surface area contributed by atoms with E-state index in [2.05, 4.69) is 0 Å². The maximum absolute atomic E-state index is 13.7. The third-order valence-corrected chi connectivity index (χ3v) is 7.05. The molecule has 1 unspecified atom stereocenters. The highest BCUT2D eigenvalue weighted by atomic mass is 16.2. The number of nitrogens with one attached hydrogen (secondary N) is 1. The maximum atomic E-state index is 13.7. The zero-order chi connectivity index (χ0) is 21.3. The number of carbonyl (C=O) groups excluding carboxylic acids is 3. The van der Waals surface area contributed by atoms with Crippen molar-refractivity contribution in [2.24, 2.45) is 11.8 Å². The molecular formula is C26H21N2O3+. The van der Waals surface area contributed by atoms with Gasteiger partial charge < -0.3 is 0 Å². The molecule has 3 aliphatic rings. The van der Waals surface area contributed by atoms with Gasteiger partial charge in [0.25, 0.3) is 0 Å². The van der Waals surface area contributed by atoms with E-state index in [1.165, 1.54) is 11.8 Å². The predicted octanol–water partition coefficient (Wildman–Crippen LogP) is 2.53. The predicted molar refractivity (Wildman–Crippen MR) is 117 cm³/mol. The molecule has 6 rings (SSSR count). The van der Waals surface area contributed by atoms with Crippen LogP contribution in [0.1, 0.15) is 24.1 Å². The molecule has 3 aromatic rings. The molecule has 3 heterocycles. The second kappa shape index (κ2) is 6.46. The van der Waals surface area contributed by atoms with Crippen LogP contribution < -0.4 is 9.80 Å². The van der Waals surface area contributed by atoms with Crippen molar-refractivity contribution in [1.29, 1.82) is 0 Å². The largest absolute Gasteiger partial charge is 0.293 e. The second-order valence-corrected chi connectivity index (χ2v) is 8.62. The molecule has 152 valence electrons. The third-order valence-electron chi connectivity index (χ3n) is 7.05. The standard InChI is InChI=1S/C26H20N2O3/c1-15(29)23-21-22(24-20-9-5-4-7-17(20)12-13-27(23)24)26(31)28(25(21)30)19-11-10-16-6-2-3-8-18(16)14-19/h2-14,21-24H,1H3/p+1/t21-,22+,23-,24+/m1/s1. The molecule has 2 amide bonds. The first-order valence-electron chi connectivity index (χ1n) is 10.6. The molecule has 0 aliphatic carbocycles. The second-order valence-electron chi connectivity index (χ2n) is 8.62. The first-order valence-corrected chi connectivity index (χ1v) is 10.6. The minimum atomic E-state index is -0.646. The number of Topliss-reactive ketones (excluding diaryl/α,β-unsaturated/α-hetero) is 1. The lowest BCUT2D eigenvalue weighted by Gasteiger charge is -2.30. The van der Waals surface area contributed by atoms with Gasteiger partial charge in [-0.05, 0) is 34.5 Å². The van der Waals surface area contributed by atoms with Gasteiger partial charge in [-0.15, -0.1) is 0 Å². The molecule has 3 aliphatic heterocycles. The molecule has 5 atom stereocenters. The zero-order valence-electron chi connectivity index (χ0n) is 17.0. The normalized spacial score (nSPS) is 28.5. The van der Waals surface area contributed by atoms with E-state index in [0.29, 0.717) is 5.69 Å². The minimum Gasteiger partial charge on any atom is -0.293 e. The van der Waals surface area contributed by atoms with Gasteiger partial charge in [-0.1, -0.05) is 54.6 Å². The number of amides is 2. The molecule has 1 N–H and O–H groups in total. The van der Waals surface area contributed by atoms with Gasteiger partial charge in [-0.2, -0.15) is 0 Å². The number of ketones is 1. The van der Waals surface area contributed by atoms with E-state index < -0.39 is 17.9 Å². The average molecular weight is 409 g/mol. The van der Waals surface area contributed by atoms with E-state index >= 15 is 0 Å². The van der Waals surface area contributed by atoms with Gasteiger partial charge in [-0.3, -0.25) is 19.3 Å². The molecule has 0 saturated carbocycles. The summed E-state index contributed by atoms with van der Waals surface area (Å²) in [6.07, 6.45) is 3.95. The van der Waals surface area contributed by atoms with E-state index in [1.54, 1.807) is 0 Å². The quantitative estimate of drug-likeness (QED) is 0.662. The summed E-state index contributed by atoms with van der Waals surface area (Å²) in [5, 5.41) is 2.02. The summed E-state index contributed by atoms with van der Waals surface area (Å²) >= 11 is 0. The maximum Gasteiger partial charge on any atom is 0.244 e. The van der Waals surface area contributed by atoms with Crippen molar-refractivity contribution in [1.82, 2.24) is 0 Å². The summed E-state index contributed by atoms with van der Waals surface area (Å²) in [6, 6.07) is 20.7. The highest BCUT2D eigenvalue weighted by molar-refractivity contribution is 6.24. The summed E-state index contributed by atoms with van der Waals surface area (Å²) in [5.41, 5.74) is 2.65. The van der Waals surface area contributed by atoms with Crippen molar-refractivity contribution in [3.63, 3.8) is 0 Å². The van der Waals surface area contributed by atoms with Gasteiger partial charge in [-0.25, -0.2) is 4.90 Å². The molecule has 0 bridgehead atoms. The van der Waals surface area contributed by atoms with Gasteiger partial charge in [0.15, 0.2) is 11.8 Å². The smallest absolute Gasteiger partial charge is 0.244 e. The highest BCUT2D eigenvalue weighted by Crippen LogP contribution is 2.45. The lowest BCUT2D eigenvalue weighted by molar-refractivity contribution is -0.884. The fourth-order valence-corrected chi connectivity index (χ4v) is 5.79. The van der Waals surface area contributed by atoms with Crippen LogP contribution in [0.3, 0.4) is 0 Å². The number of nitrogens with zero attached hydrogens (tertiary/aromatic N) is 1. The molecule has 2 saturated heterocycles. The number of fused-ring (bicyclic) bond motifs is 6. The topological polar surface area (TPSA) is 58.9 Å². The zero-order valence-corrected chi connectivity index (χ0v) is 17.0. The van der Waals surface area contributed by atoms with Crippen LogP contribution in [0.4, 0.5) is 5.69 Å². The van der Waals surface area contributed by atoms with Gasteiger partial charge in [0, 0.05) is 12.5 Å². The number of benzene rings is 3. The Kier molecular flexibility index (Phi) is 3.80. The molecule has 5 nitrogen and oxygen atoms in total. The van der Waals surface area contributed by atoms with Crippen molar-refractivity contribution in [2.45, 2.75) is 19.0 Å². The first-order chi connectivity index (χ1) is 15.1. The Morgan fingerprint density at radius 2 is 1.58 bits per heavy atom. The molecule has 3 aromatic carbocycles. The summed E-state index contributed by atoms with van der Waals surface area (Å²) in [7, 11) is 0. The van der Waals surface area contributed by atoms with E-state index in [1.807, 2.05) is 79.0 Å². The van der Waals surface area contributed by atoms with Gasteiger partial charge in [0.1, 0.15) is 17.9 Å². The summed E-state index contributed by atoms with van der Waals surface area (Å²) in [5.74, 6) is -1.72. The molecule has 5 heteroatoms. The van der Waals surface area contributed by atoms with Crippen molar-refractivity contribution in [3.05, 3.63) is 84.1 Å². The van der Waals surface area contributed by atoms with Gasteiger partial charge >= 0.3 is 0 Å². The van der Waals surface area contributed by atoms with Crippen LogP contribution in [-0.4, -0.2) is 23.6 Å². The van der Waals surface area contributed by atoms with Crippen LogP contribution in [0.2, 0.25) is 0 Å². The van der Waals surface area contributed by atoms with Gasteiger partial charge in [0.2, 0.25) is 11.8 Å². The lowest BCUT2D eigenvalue weighted by Crippen LogP contribution is -3.12. The summed E-state index contributed by atoms with van der Waals surface area (Å²) in [4.78, 5) is 42.3. The van der Waals surface area contributed by atoms with Crippen LogP contribution in [0.5, 0.6) is 0 Å². The van der Waals surface area contributed by atoms with E-state index in [-0.39, 0.29) is 23.6 Å². The number of hydrogen-bond donors (Lipinski definition) is 1. The Hall–Kier alpha value is -3.57. The van der Waals surface area contributed by atoms with Crippen LogP contribution in [-0.2, 0) is 14.4 Å². The number of anilines is 1. The van der Waals surface area contributed by atoms with E-state index in [0.717, 1.165) is 26.8 Å². The Labute approximate surface area is 179 Å². The molecule has 2 fully saturated rings. The lowest BCUT2D eigenvalue weighted by atomic mass is 9.84. The average Bonchev–Trinajstić information content (AvgIpc) is 3.26. The minimum absolute atomic E-state index is 0.0574. The van der Waals surface area contributed by atoms with Crippen LogP contribution in [0.15, 0.2) is 72.9 Å². The Bertz CT molecular complexity index is 1310. The van der Waals surface area contributed by atoms with Crippen molar-refractivity contribution < 1.29 is 19.3 Å². The highest BCUT2D eigenvalue weighted by Gasteiger charge is 2.67. The molecule has 31 heavy (non-hydrogen) atoms. The van der Waals surface area contributed by atoms with E-state index in [4.69, 9.17) is 0 Å². The molecule has 0 aromatic heterocycles. The fourth-order valence-electron chi connectivity index (χ4n) is 5.79. The Balaban J connectivity index is 1.49. The van der Waals surface area contributed by atoms with Crippen molar-refractivity contribution in [3.8, 4) is 0 Å². The first kappa shape index (κ1) is 18.2. The fraction of sp³-hybridized carbons (Fsp3) is 0.192. The number of carbonyl (C=O) groups is 3. The molecule has 0 radical (unpaired) electrons. The Morgan fingerprint density at radius 3 is 2.39 bits per heavy atom. The van der Waals surface area contributed by atoms with E-state index in [9.17, 15) is 14.4 Å². The third kappa shape index (κ3) is 2.44. The van der Waals surface area contributed by atoms with Gasteiger partial charge in [0.05, 0.1) is 11.9 Å². The number of imide groups is 1. The van der Waals surface area contributed by atoms with Crippen molar-refractivity contribution >= 4 is 40.1 Å². The summed E-state index contributed by atoms with van der Waals surface area (Å²) < 4.78 is 0. The SMILES string of the molecule is CC(=O)[C@@H]1[C@@H]2C(=O)N(c3ccc4ccccc4c3)C(=O)[C@@H]2[C@@H]2c3ccccc3C=C[NH+]12.